The summed E-state index contributed by atoms with van der Waals surface area (Å²) in [6.45, 7) is 2.35. The van der Waals surface area contributed by atoms with Gasteiger partial charge in [0.1, 0.15) is 5.52 Å². The largest absolute Gasteiger partial charge is 0.367 e. The predicted octanol–water partition coefficient (Wildman–Crippen LogP) is 5.29. The van der Waals surface area contributed by atoms with Gasteiger partial charge in [0.05, 0.1) is 12.1 Å². The number of benzene rings is 4. The zero-order valence-electron chi connectivity index (χ0n) is 19.3. The van der Waals surface area contributed by atoms with Gasteiger partial charge < -0.3 is 10.2 Å². The molecule has 6 rings (SSSR count). The molecule has 0 radical (unpaired) electrons. The lowest BCUT2D eigenvalue weighted by Gasteiger charge is -2.21. The normalized spacial score (nSPS) is 12.6. The molecule has 172 valence electrons. The van der Waals surface area contributed by atoms with Crippen molar-refractivity contribution in [2.75, 3.05) is 16.8 Å². The second kappa shape index (κ2) is 9.06. The number of nitrogens with one attached hydrogen (secondary N) is 1. The average Bonchev–Trinajstić information content (AvgIpc) is 3.50. The third-order valence-corrected chi connectivity index (χ3v) is 6.58. The molecule has 0 atom stereocenters. The highest BCUT2D eigenvalue weighted by atomic mass is 16.1. The highest BCUT2D eigenvalue weighted by molar-refractivity contribution is 6.04. The maximum absolute atomic E-state index is 13.1. The molecule has 35 heavy (non-hydrogen) atoms. The first-order valence-corrected chi connectivity index (χ1v) is 11.8. The van der Waals surface area contributed by atoms with E-state index in [-0.39, 0.29) is 5.91 Å². The molecule has 0 saturated heterocycles. The third kappa shape index (κ3) is 4.26. The number of carbonyl (C=O) groups is 1. The van der Waals surface area contributed by atoms with E-state index in [0.29, 0.717) is 12.1 Å². The Bertz CT molecular complexity index is 1510. The van der Waals surface area contributed by atoms with E-state index < -0.39 is 0 Å². The zero-order valence-corrected chi connectivity index (χ0v) is 19.3. The van der Waals surface area contributed by atoms with Gasteiger partial charge in [0.25, 0.3) is 5.91 Å². The molecule has 1 aliphatic heterocycles. The minimum Gasteiger partial charge on any atom is -0.367 e. The number of para-hydroxylation sites is 3. The van der Waals surface area contributed by atoms with Crippen LogP contribution in [0.1, 0.15) is 27.0 Å². The summed E-state index contributed by atoms with van der Waals surface area (Å²) >= 11 is 0. The van der Waals surface area contributed by atoms with E-state index in [4.69, 9.17) is 0 Å². The van der Waals surface area contributed by atoms with E-state index in [1.54, 1.807) is 0 Å². The highest BCUT2D eigenvalue weighted by Crippen LogP contribution is 2.30. The van der Waals surface area contributed by atoms with Gasteiger partial charge >= 0.3 is 0 Å². The maximum Gasteiger partial charge on any atom is 0.255 e. The third-order valence-electron chi connectivity index (χ3n) is 6.58. The Morgan fingerprint density at radius 3 is 2.51 bits per heavy atom. The van der Waals surface area contributed by atoms with E-state index in [2.05, 4.69) is 50.9 Å². The molecule has 0 spiro atoms. The quantitative estimate of drug-likeness (QED) is 0.375. The summed E-state index contributed by atoms with van der Waals surface area (Å²) in [7, 11) is 0. The van der Waals surface area contributed by atoms with Crippen LogP contribution >= 0.6 is 0 Å². The molecule has 0 fully saturated rings. The van der Waals surface area contributed by atoms with Crippen LogP contribution in [0.4, 0.5) is 11.4 Å². The highest BCUT2D eigenvalue weighted by Gasteiger charge is 2.19. The molecule has 0 saturated carbocycles. The van der Waals surface area contributed by atoms with Crippen molar-refractivity contribution in [1.29, 1.82) is 0 Å². The number of fused-ring (bicyclic) bond motifs is 2. The van der Waals surface area contributed by atoms with Crippen molar-refractivity contribution in [2.24, 2.45) is 0 Å². The van der Waals surface area contributed by atoms with Gasteiger partial charge in [0.15, 0.2) is 0 Å². The lowest BCUT2D eigenvalue weighted by molar-refractivity contribution is 0.102. The monoisotopic (exact) mass is 459 g/mol. The fraction of sp³-hybridized carbons (Fsp3) is 0.138. The van der Waals surface area contributed by atoms with Crippen molar-refractivity contribution >= 4 is 28.3 Å². The smallest absolute Gasteiger partial charge is 0.255 e. The summed E-state index contributed by atoms with van der Waals surface area (Å²) < 4.78 is 1.87. The average molecular weight is 460 g/mol. The Hall–Kier alpha value is -4.45. The number of hydrogen-bond acceptors (Lipinski definition) is 4. The van der Waals surface area contributed by atoms with Crippen molar-refractivity contribution in [1.82, 2.24) is 15.0 Å². The number of anilines is 2. The van der Waals surface area contributed by atoms with E-state index >= 15 is 0 Å². The molecule has 6 heteroatoms. The van der Waals surface area contributed by atoms with E-state index in [0.717, 1.165) is 47.4 Å². The molecule has 1 aromatic heterocycles. The Labute approximate surface area is 203 Å². The fourth-order valence-electron chi connectivity index (χ4n) is 4.72. The summed E-state index contributed by atoms with van der Waals surface area (Å²) in [5, 5.41) is 11.6. The van der Waals surface area contributed by atoms with E-state index in [9.17, 15) is 4.79 Å². The molecule has 5 aromatic rings. The molecule has 1 aliphatic rings. The molecular weight excluding hydrogens is 434 g/mol. The number of nitrogens with zero attached hydrogens (tertiary/aromatic N) is 4. The SMILES string of the molecule is O=C(Nc1ccccc1CN1CCc2ccccc21)c1ccc(Cn2nnc3ccccc32)cc1. The maximum atomic E-state index is 13.1. The molecule has 6 nitrogen and oxygen atoms in total. The van der Waals surface area contributed by atoms with Gasteiger partial charge in [-0.3, -0.25) is 4.79 Å². The summed E-state index contributed by atoms with van der Waals surface area (Å²) in [6, 6.07) is 32.2. The van der Waals surface area contributed by atoms with Crippen LogP contribution < -0.4 is 10.2 Å². The van der Waals surface area contributed by atoms with Gasteiger partial charge in [-0.2, -0.15) is 0 Å². The molecule has 0 unspecified atom stereocenters. The number of hydrogen-bond donors (Lipinski definition) is 1. The van der Waals surface area contributed by atoms with E-state index in [1.807, 2.05) is 71.4 Å². The Morgan fingerprint density at radius 2 is 1.60 bits per heavy atom. The molecular formula is C29H25N5O. The van der Waals surface area contributed by atoms with Crippen LogP contribution in [0.3, 0.4) is 0 Å². The van der Waals surface area contributed by atoms with Crippen LogP contribution in [0.15, 0.2) is 97.1 Å². The molecule has 0 bridgehead atoms. The van der Waals surface area contributed by atoms with Crippen LogP contribution in [0.5, 0.6) is 0 Å². The summed E-state index contributed by atoms with van der Waals surface area (Å²) in [6.07, 6.45) is 1.06. The molecule has 2 heterocycles. The lowest BCUT2D eigenvalue weighted by atomic mass is 10.1. The summed E-state index contributed by atoms with van der Waals surface area (Å²) in [5.74, 6) is -0.114. The topological polar surface area (TPSA) is 63.1 Å². The summed E-state index contributed by atoms with van der Waals surface area (Å²) in [5.41, 5.74) is 8.17. The summed E-state index contributed by atoms with van der Waals surface area (Å²) in [4.78, 5) is 15.4. The van der Waals surface area contributed by atoms with Crippen molar-refractivity contribution in [3.8, 4) is 0 Å². The molecule has 1 N–H and O–H groups in total. The number of aromatic nitrogens is 3. The Morgan fingerprint density at radius 1 is 0.829 bits per heavy atom. The standard InChI is InChI=1S/C29H25N5O/c35-29(23-15-13-21(14-16-23)19-34-28-12-6-4-10-26(28)31-32-34)30-25-9-3-1-8-24(25)20-33-18-17-22-7-2-5-11-27(22)33/h1-16H,17-20H2,(H,30,35). The van der Waals surface area contributed by atoms with Gasteiger partial charge in [0.2, 0.25) is 0 Å². The number of rotatable bonds is 6. The predicted molar refractivity (Wildman–Crippen MR) is 139 cm³/mol. The molecule has 1 amide bonds. The Balaban J connectivity index is 1.16. The van der Waals surface area contributed by atoms with Crippen LogP contribution in [0.25, 0.3) is 11.0 Å². The van der Waals surface area contributed by atoms with Crippen LogP contribution in [0.2, 0.25) is 0 Å². The first-order chi connectivity index (χ1) is 17.2. The minimum absolute atomic E-state index is 0.114. The van der Waals surface area contributed by atoms with Gasteiger partial charge in [-0.1, -0.05) is 65.9 Å². The number of carbonyl (C=O) groups excluding carboxylic acids is 1. The lowest BCUT2D eigenvalue weighted by Crippen LogP contribution is -2.21. The van der Waals surface area contributed by atoms with Gasteiger partial charge in [-0.25, -0.2) is 4.68 Å². The van der Waals surface area contributed by atoms with Crippen LogP contribution in [0, 0.1) is 0 Å². The van der Waals surface area contributed by atoms with Gasteiger partial charge in [-0.05, 0) is 59.5 Å². The molecule has 4 aromatic carbocycles. The zero-order chi connectivity index (χ0) is 23.6. The van der Waals surface area contributed by atoms with Crippen LogP contribution in [-0.2, 0) is 19.5 Å². The van der Waals surface area contributed by atoms with Crippen molar-refractivity contribution in [3.05, 3.63) is 119 Å². The van der Waals surface area contributed by atoms with Crippen molar-refractivity contribution < 1.29 is 4.79 Å². The van der Waals surface area contributed by atoms with E-state index in [1.165, 1.54) is 11.3 Å². The second-order valence-electron chi connectivity index (χ2n) is 8.84. The van der Waals surface area contributed by atoms with Crippen LogP contribution in [-0.4, -0.2) is 27.4 Å². The fourth-order valence-corrected chi connectivity index (χ4v) is 4.72. The number of amides is 1. The first-order valence-electron chi connectivity index (χ1n) is 11.8. The minimum atomic E-state index is -0.114. The van der Waals surface area contributed by atoms with Crippen molar-refractivity contribution in [3.63, 3.8) is 0 Å². The molecule has 0 aliphatic carbocycles. The first kappa shape index (κ1) is 21.1. The van der Waals surface area contributed by atoms with Gasteiger partial charge in [0, 0.05) is 30.0 Å². The van der Waals surface area contributed by atoms with Gasteiger partial charge in [-0.15, -0.1) is 5.10 Å². The van der Waals surface area contributed by atoms with Crippen molar-refractivity contribution in [2.45, 2.75) is 19.5 Å². The second-order valence-corrected chi connectivity index (χ2v) is 8.84. The Kier molecular flexibility index (Phi) is 5.47.